The van der Waals surface area contributed by atoms with Gasteiger partial charge in [0, 0.05) is 19.3 Å². The molecule has 0 aliphatic heterocycles. The lowest BCUT2D eigenvalue weighted by atomic mass is 10.1. The number of carbonyl (C=O) groups excluding carboxylic acids is 3. The molecule has 426 valence electrons. The second kappa shape index (κ2) is 55.9. The Morgan fingerprint density at radius 3 is 1.15 bits per heavy atom. The summed E-state index contributed by atoms with van der Waals surface area (Å²) in [5.74, 6) is -1.53. The molecule has 0 fully saturated rings. The summed E-state index contributed by atoms with van der Waals surface area (Å²) in [5, 5.41) is 9.81. The molecule has 3 atom stereocenters. The fourth-order valence-corrected chi connectivity index (χ4v) is 8.57. The number of phosphoric acid groups is 1. The topological polar surface area (TPSA) is 155 Å². The first-order valence-electron chi connectivity index (χ1n) is 29.5. The third-order valence-corrected chi connectivity index (χ3v) is 13.2. The Morgan fingerprint density at radius 1 is 0.392 bits per heavy atom. The molecule has 3 unspecified atom stereocenters. The van der Waals surface area contributed by atoms with Crippen LogP contribution in [0, 0.1) is 0 Å². The maximum atomic E-state index is 12.9. The van der Waals surface area contributed by atoms with Crippen LogP contribution < -0.4 is 0 Å². The molecule has 0 aromatic carbocycles. The van der Waals surface area contributed by atoms with Crippen molar-refractivity contribution in [1.29, 1.82) is 0 Å². The maximum Gasteiger partial charge on any atom is 0.472 e. The summed E-state index contributed by atoms with van der Waals surface area (Å²) in [6, 6.07) is 0. The van der Waals surface area contributed by atoms with Crippen LogP contribution in [0.4, 0.5) is 0 Å². The highest BCUT2D eigenvalue weighted by Crippen LogP contribution is 2.43. The van der Waals surface area contributed by atoms with E-state index in [-0.39, 0.29) is 25.9 Å². The van der Waals surface area contributed by atoms with E-state index in [1.807, 2.05) is 0 Å². The molecule has 0 amide bonds. The predicted octanol–water partition coefficient (Wildman–Crippen LogP) is 17.5. The minimum absolute atomic E-state index is 0.121. The van der Waals surface area contributed by atoms with Crippen molar-refractivity contribution in [1.82, 2.24) is 0 Å². The van der Waals surface area contributed by atoms with Gasteiger partial charge in [0.1, 0.15) is 12.7 Å². The lowest BCUT2D eigenvalue weighted by molar-refractivity contribution is -0.161. The molecule has 0 aliphatic carbocycles. The van der Waals surface area contributed by atoms with Gasteiger partial charge < -0.3 is 24.2 Å². The van der Waals surface area contributed by atoms with Gasteiger partial charge in [-0.3, -0.25) is 23.4 Å². The lowest BCUT2D eigenvalue weighted by Gasteiger charge is -2.21. The highest BCUT2D eigenvalue weighted by molar-refractivity contribution is 7.47. The quantitative estimate of drug-likeness (QED) is 0.0197. The maximum absolute atomic E-state index is 12.9. The minimum atomic E-state index is -4.77. The Morgan fingerprint density at radius 2 is 0.703 bits per heavy atom. The van der Waals surface area contributed by atoms with Crippen LogP contribution in [0.25, 0.3) is 0 Å². The number of esters is 3. The van der Waals surface area contributed by atoms with Crippen LogP contribution in [-0.2, 0) is 42.2 Å². The van der Waals surface area contributed by atoms with Crippen LogP contribution >= 0.6 is 7.82 Å². The first-order valence-corrected chi connectivity index (χ1v) is 31.0. The molecule has 0 bridgehead atoms. The van der Waals surface area contributed by atoms with Crippen LogP contribution in [-0.4, -0.2) is 66.5 Å². The van der Waals surface area contributed by atoms with E-state index in [0.29, 0.717) is 19.3 Å². The first kappa shape index (κ1) is 70.7. The lowest BCUT2D eigenvalue weighted by Crippen LogP contribution is -2.30. The van der Waals surface area contributed by atoms with Gasteiger partial charge in [0.2, 0.25) is 0 Å². The number of aliphatic hydroxyl groups excluding tert-OH is 1. The van der Waals surface area contributed by atoms with Gasteiger partial charge in [-0.1, -0.05) is 202 Å². The predicted molar refractivity (Wildman–Crippen MR) is 307 cm³/mol. The molecule has 0 spiro atoms. The summed E-state index contributed by atoms with van der Waals surface area (Å²) in [6.45, 7) is 4.44. The molecule has 0 aromatic heterocycles. The number of phosphoric ester groups is 1. The molecule has 0 radical (unpaired) electrons. The summed E-state index contributed by atoms with van der Waals surface area (Å²) in [5.41, 5.74) is 0. The second-order valence-corrected chi connectivity index (χ2v) is 20.9. The molecule has 0 saturated carbocycles. The molecule has 0 heterocycles. The minimum Gasteiger partial charge on any atom is -0.462 e. The van der Waals surface area contributed by atoms with Crippen molar-refractivity contribution >= 4 is 25.7 Å². The van der Waals surface area contributed by atoms with E-state index >= 15 is 0 Å². The number of unbranched alkanes of at least 4 members (excludes halogenated alkanes) is 23. The van der Waals surface area contributed by atoms with E-state index in [1.54, 1.807) is 0 Å². The third kappa shape index (κ3) is 53.5. The molecule has 0 saturated heterocycles. The van der Waals surface area contributed by atoms with Gasteiger partial charge in [0.15, 0.2) is 6.10 Å². The number of hydrogen-bond donors (Lipinski definition) is 2. The summed E-state index contributed by atoms with van der Waals surface area (Å²) in [7, 11) is -4.77. The Hall–Kier alpha value is -3.34. The Balaban J connectivity index is 4.79. The SMILES string of the molecule is CC/C=C\C/C=C\C/C=C\C/C=C\CCCCC(=O)OC(CO)COP(=O)(O)OCC(COC(=O)CCCCCCC/C=C\C/C=C\CCCCC)OC(=O)CCCCCCCCC/C=C\CCCCCCCC. The molecule has 0 rings (SSSR count). The summed E-state index contributed by atoms with van der Waals surface area (Å²) in [6.07, 6.45) is 64.0. The van der Waals surface area contributed by atoms with Crippen molar-refractivity contribution in [2.75, 3.05) is 26.4 Å². The van der Waals surface area contributed by atoms with E-state index in [9.17, 15) is 28.9 Å². The van der Waals surface area contributed by atoms with Gasteiger partial charge in [-0.2, -0.15) is 0 Å². The molecule has 74 heavy (non-hydrogen) atoms. The summed E-state index contributed by atoms with van der Waals surface area (Å²) < 4.78 is 39.5. The smallest absolute Gasteiger partial charge is 0.462 e. The zero-order valence-corrected chi connectivity index (χ0v) is 47.9. The van der Waals surface area contributed by atoms with Gasteiger partial charge in [0.25, 0.3) is 0 Å². The van der Waals surface area contributed by atoms with Gasteiger partial charge in [-0.15, -0.1) is 0 Å². The van der Waals surface area contributed by atoms with Crippen molar-refractivity contribution in [2.24, 2.45) is 0 Å². The van der Waals surface area contributed by atoms with E-state index < -0.39 is 57.8 Å². The summed E-state index contributed by atoms with van der Waals surface area (Å²) in [4.78, 5) is 48.6. The Bertz CT molecular complexity index is 1560. The van der Waals surface area contributed by atoms with Crippen molar-refractivity contribution in [3.05, 3.63) is 85.1 Å². The number of allylic oxidation sites excluding steroid dienone is 14. The average molecular weight is 1060 g/mol. The van der Waals surface area contributed by atoms with Gasteiger partial charge >= 0.3 is 25.7 Å². The first-order chi connectivity index (χ1) is 36.2. The van der Waals surface area contributed by atoms with E-state index in [4.69, 9.17) is 23.3 Å². The summed E-state index contributed by atoms with van der Waals surface area (Å²) >= 11 is 0. The number of aliphatic hydroxyl groups is 1. The number of ether oxygens (including phenoxy) is 3. The third-order valence-electron chi connectivity index (χ3n) is 12.3. The van der Waals surface area contributed by atoms with Crippen molar-refractivity contribution in [3.63, 3.8) is 0 Å². The van der Waals surface area contributed by atoms with Crippen molar-refractivity contribution < 1.29 is 52.2 Å². The standard InChI is InChI=1S/C62H107O11P/c1-4-7-10-13-16-19-22-25-28-29-32-35-38-41-44-47-50-53-62(66)73-59(55-69-60(64)51-48-45-42-39-36-33-30-26-23-20-17-14-11-8-5-2)57-71-74(67,68)70-56-58(54-63)72-61(65)52-49-46-43-40-37-34-31-27-24-21-18-15-12-9-6-3/h9,12,17-18,20-21,25-28,30-31,37,40,58-59,63H,4-8,10-11,13-16,19,22-24,29,32-36,38-39,41-57H2,1-3H3,(H,67,68)/b12-9-,20-17-,21-18-,28-25-,30-26-,31-27-,40-37-. The Kier molecular flexibility index (Phi) is 53.4. The number of hydrogen-bond acceptors (Lipinski definition) is 10. The van der Waals surface area contributed by atoms with Crippen LogP contribution in [0.2, 0.25) is 0 Å². The zero-order valence-electron chi connectivity index (χ0n) is 47.0. The molecule has 0 aliphatic rings. The van der Waals surface area contributed by atoms with Crippen LogP contribution in [0.15, 0.2) is 85.1 Å². The molecule has 12 heteroatoms. The van der Waals surface area contributed by atoms with Gasteiger partial charge in [-0.25, -0.2) is 4.57 Å². The molecule has 0 aromatic rings. The zero-order chi connectivity index (χ0) is 54.1. The largest absolute Gasteiger partial charge is 0.472 e. The second-order valence-electron chi connectivity index (χ2n) is 19.4. The Labute approximate surface area is 451 Å². The monoisotopic (exact) mass is 1060 g/mol. The van der Waals surface area contributed by atoms with Crippen molar-refractivity contribution in [2.45, 2.75) is 264 Å². The van der Waals surface area contributed by atoms with E-state index in [2.05, 4.69) is 106 Å². The van der Waals surface area contributed by atoms with Crippen molar-refractivity contribution in [3.8, 4) is 0 Å². The highest BCUT2D eigenvalue weighted by atomic mass is 31.2. The molecular weight excluding hydrogens is 952 g/mol. The van der Waals surface area contributed by atoms with Gasteiger partial charge in [0.05, 0.1) is 19.8 Å². The number of rotatable bonds is 54. The van der Waals surface area contributed by atoms with E-state index in [1.165, 1.54) is 77.0 Å². The van der Waals surface area contributed by atoms with Crippen LogP contribution in [0.1, 0.15) is 252 Å². The fourth-order valence-electron chi connectivity index (χ4n) is 7.78. The van der Waals surface area contributed by atoms with Crippen LogP contribution in [0.5, 0.6) is 0 Å². The fraction of sp³-hybridized carbons (Fsp3) is 0.726. The number of carbonyl (C=O) groups is 3. The van der Waals surface area contributed by atoms with Gasteiger partial charge in [-0.05, 0) is 116 Å². The highest BCUT2D eigenvalue weighted by Gasteiger charge is 2.28. The van der Waals surface area contributed by atoms with Crippen LogP contribution in [0.3, 0.4) is 0 Å². The van der Waals surface area contributed by atoms with E-state index in [0.717, 1.165) is 116 Å². The average Bonchev–Trinajstić information content (AvgIpc) is 3.39. The molecule has 11 nitrogen and oxygen atoms in total. The normalized spacial score (nSPS) is 14.0. The molecular formula is C62H107O11P. The molecule has 2 N–H and O–H groups in total.